The number of nitrogens with zero attached hydrogens (tertiary/aromatic N) is 1. The average Bonchev–Trinajstić information content (AvgIpc) is 2.26. The van der Waals surface area contributed by atoms with Gasteiger partial charge in [0.1, 0.15) is 0 Å². The Morgan fingerprint density at radius 3 is 2.73 bits per heavy atom. The molecule has 1 fully saturated rings. The molecule has 15 heavy (non-hydrogen) atoms. The average molecular weight is 212 g/mol. The first-order valence-corrected chi connectivity index (χ1v) is 6.14. The third-order valence-corrected chi connectivity index (χ3v) is 3.63. The summed E-state index contributed by atoms with van der Waals surface area (Å²) in [5.41, 5.74) is 5.97. The summed E-state index contributed by atoms with van der Waals surface area (Å²) < 4.78 is 0. The van der Waals surface area contributed by atoms with Gasteiger partial charge in [0.15, 0.2) is 0 Å². The maximum atomic E-state index is 12.1. The SMILES string of the molecule is CCC(C)[C@H](N)C(=O)N1CCCCC1C. The van der Waals surface area contributed by atoms with Crippen molar-refractivity contribution in [2.24, 2.45) is 11.7 Å². The molecule has 88 valence electrons. The molecule has 0 radical (unpaired) electrons. The molecule has 0 bridgehead atoms. The lowest BCUT2D eigenvalue weighted by atomic mass is 9.96. The maximum Gasteiger partial charge on any atom is 0.239 e. The predicted molar refractivity (Wildman–Crippen MR) is 62.5 cm³/mol. The van der Waals surface area contributed by atoms with E-state index in [4.69, 9.17) is 5.73 Å². The Morgan fingerprint density at radius 1 is 1.53 bits per heavy atom. The Balaban J connectivity index is 2.57. The van der Waals surface area contributed by atoms with Crippen molar-refractivity contribution in [2.45, 2.75) is 58.5 Å². The van der Waals surface area contributed by atoms with Gasteiger partial charge in [-0.25, -0.2) is 0 Å². The number of nitrogens with two attached hydrogens (primary N) is 1. The number of amides is 1. The van der Waals surface area contributed by atoms with E-state index in [1.165, 1.54) is 6.42 Å². The first kappa shape index (κ1) is 12.5. The molecule has 1 rings (SSSR count). The molecular formula is C12H24N2O. The van der Waals surface area contributed by atoms with Crippen molar-refractivity contribution in [3.63, 3.8) is 0 Å². The zero-order valence-corrected chi connectivity index (χ0v) is 10.2. The Morgan fingerprint density at radius 2 is 2.20 bits per heavy atom. The van der Waals surface area contributed by atoms with Crippen LogP contribution < -0.4 is 5.73 Å². The molecule has 0 aromatic rings. The van der Waals surface area contributed by atoms with Crippen LogP contribution in [-0.4, -0.2) is 29.4 Å². The van der Waals surface area contributed by atoms with Gasteiger partial charge >= 0.3 is 0 Å². The minimum atomic E-state index is -0.310. The summed E-state index contributed by atoms with van der Waals surface area (Å²) in [6, 6.07) is 0.0666. The van der Waals surface area contributed by atoms with Gasteiger partial charge in [-0.15, -0.1) is 0 Å². The summed E-state index contributed by atoms with van der Waals surface area (Å²) in [6.07, 6.45) is 4.46. The lowest BCUT2D eigenvalue weighted by molar-refractivity contribution is -0.137. The van der Waals surface area contributed by atoms with E-state index in [2.05, 4.69) is 20.8 Å². The van der Waals surface area contributed by atoms with E-state index in [1.807, 2.05) is 4.90 Å². The van der Waals surface area contributed by atoms with Crippen LogP contribution in [0, 0.1) is 5.92 Å². The molecule has 0 saturated carbocycles. The monoisotopic (exact) mass is 212 g/mol. The summed E-state index contributed by atoms with van der Waals surface area (Å²) in [7, 11) is 0. The Labute approximate surface area is 93.0 Å². The molecule has 3 atom stereocenters. The minimum absolute atomic E-state index is 0.150. The summed E-state index contributed by atoms with van der Waals surface area (Å²) in [4.78, 5) is 14.1. The van der Waals surface area contributed by atoms with Crippen LogP contribution in [0.3, 0.4) is 0 Å². The molecule has 0 spiro atoms. The first-order chi connectivity index (χ1) is 7.07. The second-order valence-corrected chi connectivity index (χ2v) is 4.79. The minimum Gasteiger partial charge on any atom is -0.339 e. The van der Waals surface area contributed by atoms with Crippen molar-refractivity contribution >= 4 is 5.91 Å². The van der Waals surface area contributed by atoms with Gasteiger partial charge in [0, 0.05) is 12.6 Å². The Kier molecular flexibility index (Phi) is 4.58. The van der Waals surface area contributed by atoms with Gasteiger partial charge in [-0.05, 0) is 32.1 Å². The van der Waals surface area contributed by atoms with Gasteiger partial charge < -0.3 is 10.6 Å². The Bertz CT molecular complexity index is 218. The van der Waals surface area contributed by atoms with Crippen molar-refractivity contribution in [1.29, 1.82) is 0 Å². The number of carbonyl (C=O) groups excluding carboxylic acids is 1. The molecule has 0 aromatic heterocycles. The molecule has 3 nitrogen and oxygen atoms in total. The summed E-state index contributed by atoms with van der Waals surface area (Å²) >= 11 is 0. The van der Waals surface area contributed by atoms with Gasteiger partial charge in [0.05, 0.1) is 6.04 Å². The standard InChI is InChI=1S/C12H24N2O/c1-4-9(2)11(13)12(15)14-8-6-5-7-10(14)3/h9-11H,4-8,13H2,1-3H3/t9?,10?,11-/m0/s1. The van der Waals surface area contributed by atoms with Crippen LogP contribution in [0.5, 0.6) is 0 Å². The van der Waals surface area contributed by atoms with Gasteiger partial charge in [-0.2, -0.15) is 0 Å². The van der Waals surface area contributed by atoms with Crippen molar-refractivity contribution in [2.75, 3.05) is 6.54 Å². The van der Waals surface area contributed by atoms with Gasteiger partial charge in [0.2, 0.25) is 5.91 Å². The number of carbonyl (C=O) groups is 1. The second-order valence-electron chi connectivity index (χ2n) is 4.79. The number of hydrogen-bond acceptors (Lipinski definition) is 2. The number of rotatable bonds is 3. The molecule has 1 saturated heterocycles. The third-order valence-electron chi connectivity index (χ3n) is 3.63. The molecule has 0 aliphatic carbocycles. The van der Waals surface area contributed by atoms with Crippen LogP contribution in [-0.2, 0) is 4.79 Å². The molecule has 1 aliphatic heterocycles. The van der Waals surface area contributed by atoms with Gasteiger partial charge in [0.25, 0.3) is 0 Å². The fourth-order valence-electron chi connectivity index (χ4n) is 2.11. The normalized spacial score (nSPS) is 26.1. The van der Waals surface area contributed by atoms with Gasteiger partial charge in [-0.1, -0.05) is 20.3 Å². The van der Waals surface area contributed by atoms with Crippen LogP contribution >= 0.6 is 0 Å². The maximum absolute atomic E-state index is 12.1. The van der Waals surface area contributed by atoms with Crippen LogP contribution in [0.15, 0.2) is 0 Å². The zero-order chi connectivity index (χ0) is 11.4. The molecule has 3 heteroatoms. The second kappa shape index (κ2) is 5.50. The highest BCUT2D eigenvalue weighted by Crippen LogP contribution is 2.19. The van der Waals surface area contributed by atoms with E-state index < -0.39 is 0 Å². The fraction of sp³-hybridized carbons (Fsp3) is 0.917. The molecule has 0 aromatic carbocycles. The number of likely N-dealkylation sites (tertiary alicyclic amines) is 1. The molecule has 1 aliphatic rings. The van der Waals surface area contributed by atoms with Crippen LogP contribution in [0.4, 0.5) is 0 Å². The molecule has 2 N–H and O–H groups in total. The summed E-state index contributed by atoms with van der Waals surface area (Å²) in [6.45, 7) is 7.15. The fourth-order valence-corrected chi connectivity index (χ4v) is 2.11. The molecule has 2 unspecified atom stereocenters. The van der Waals surface area contributed by atoms with Crippen LogP contribution in [0.25, 0.3) is 0 Å². The van der Waals surface area contributed by atoms with E-state index in [0.717, 1.165) is 25.8 Å². The van der Waals surface area contributed by atoms with E-state index in [9.17, 15) is 4.79 Å². The lowest BCUT2D eigenvalue weighted by Gasteiger charge is -2.36. The van der Waals surface area contributed by atoms with E-state index >= 15 is 0 Å². The molecule has 1 amide bonds. The highest BCUT2D eigenvalue weighted by atomic mass is 16.2. The highest BCUT2D eigenvalue weighted by molar-refractivity contribution is 5.82. The highest BCUT2D eigenvalue weighted by Gasteiger charge is 2.29. The number of hydrogen-bond donors (Lipinski definition) is 1. The predicted octanol–water partition coefficient (Wildman–Crippen LogP) is 1.76. The zero-order valence-electron chi connectivity index (χ0n) is 10.2. The summed E-state index contributed by atoms with van der Waals surface area (Å²) in [5.74, 6) is 0.433. The van der Waals surface area contributed by atoms with Crippen molar-refractivity contribution in [3.8, 4) is 0 Å². The van der Waals surface area contributed by atoms with Crippen molar-refractivity contribution in [3.05, 3.63) is 0 Å². The summed E-state index contributed by atoms with van der Waals surface area (Å²) in [5, 5.41) is 0. The number of piperidine rings is 1. The van der Waals surface area contributed by atoms with E-state index in [0.29, 0.717) is 6.04 Å². The first-order valence-electron chi connectivity index (χ1n) is 6.14. The van der Waals surface area contributed by atoms with Crippen molar-refractivity contribution in [1.82, 2.24) is 4.90 Å². The lowest BCUT2D eigenvalue weighted by Crippen LogP contribution is -2.51. The Hall–Kier alpha value is -0.570. The topological polar surface area (TPSA) is 46.3 Å². The van der Waals surface area contributed by atoms with Crippen LogP contribution in [0.1, 0.15) is 46.5 Å². The van der Waals surface area contributed by atoms with Crippen LogP contribution in [0.2, 0.25) is 0 Å². The quantitative estimate of drug-likeness (QED) is 0.775. The molecule has 1 heterocycles. The smallest absolute Gasteiger partial charge is 0.239 e. The van der Waals surface area contributed by atoms with E-state index in [1.54, 1.807) is 0 Å². The molecular weight excluding hydrogens is 188 g/mol. The largest absolute Gasteiger partial charge is 0.339 e. The van der Waals surface area contributed by atoms with Crippen molar-refractivity contribution < 1.29 is 4.79 Å². The third kappa shape index (κ3) is 2.94. The van der Waals surface area contributed by atoms with Gasteiger partial charge in [-0.3, -0.25) is 4.79 Å². The van der Waals surface area contributed by atoms with E-state index in [-0.39, 0.29) is 17.9 Å².